The van der Waals surface area contributed by atoms with E-state index < -0.39 is 0 Å². The summed E-state index contributed by atoms with van der Waals surface area (Å²) in [6, 6.07) is 14.0. The first kappa shape index (κ1) is 24.1. The number of amides is 2. The van der Waals surface area contributed by atoms with Crippen LogP contribution < -0.4 is 0 Å². The monoisotopic (exact) mass is 439 g/mol. The number of nitrogens with zero attached hydrogens (tertiary/aromatic N) is 3. The molecule has 2 aromatic rings. The lowest BCUT2D eigenvalue weighted by Crippen LogP contribution is -2.46. The molecule has 1 aromatic carbocycles. The highest BCUT2D eigenvalue weighted by atomic mass is 16.3. The molecule has 0 N–H and O–H groups in total. The van der Waals surface area contributed by atoms with Gasteiger partial charge in [-0.05, 0) is 57.0 Å². The molecule has 0 spiro atoms. The Labute approximate surface area is 192 Å². The van der Waals surface area contributed by atoms with Crippen molar-refractivity contribution in [2.45, 2.75) is 52.5 Å². The molecule has 3 rings (SSSR count). The average molecular weight is 440 g/mol. The highest BCUT2D eigenvalue weighted by Crippen LogP contribution is 2.13. The van der Waals surface area contributed by atoms with Gasteiger partial charge in [-0.25, -0.2) is 0 Å². The Morgan fingerprint density at radius 2 is 1.69 bits per heavy atom. The maximum absolute atomic E-state index is 13.3. The molecular weight excluding hydrogens is 402 g/mol. The fraction of sp³-hybridized carbons (Fsp3) is 0.538. The van der Waals surface area contributed by atoms with Gasteiger partial charge >= 0.3 is 0 Å². The second-order valence-corrected chi connectivity index (χ2v) is 8.63. The van der Waals surface area contributed by atoms with Crippen LogP contribution >= 0.6 is 0 Å². The highest BCUT2D eigenvalue weighted by molar-refractivity contribution is 5.84. The van der Waals surface area contributed by atoms with Crippen LogP contribution in [0.25, 0.3) is 0 Å². The topological polar surface area (TPSA) is 57.0 Å². The zero-order chi connectivity index (χ0) is 22.8. The summed E-state index contributed by atoms with van der Waals surface area (Å²) in [5, 5.41) is 0. The molecular formula is C26H37N3O3. The van der Waals surface area contributed by atoms with Crippen LogP contribution in [0.2, 0.25) is 0 Å². The Kier molecular flexibility index (Phi) is 9.35. The van der Waals surface area contributed by atoms with Gasteiger partial charge in [-0.15, -0.1) is 0 Å². The minimum Gasteiger partial charge on any atom is -0.464 e. The number of carbonyl (C=O) groups is 2. The van der Waals surface area contributed by atoms with Crippen LogP contribution in [0.4, 0.5) is 0 Å². The summed E-state index contributed by atoms with van der Waals surface area (Å²) in [5.41, 5.74) is 1.19. The van der Waals surface area contributed by atoms with E-state index in [0.717, 1.165) is 37.6 Å². The summed E-state index contributed by atoms with van der Waals surface area (Å²) < 4.78 is 5.74. The zero-order valence-corrected chi connectivity index (χ0v) is 19.6. The predicted molar refractivity (Wildman–Crippen MR) is 126 cm³/mol. The van der Waals surface area contributed by atoms with Gasteiger partial charge in [0.05, 0.1) is 13.1 Å². The third-order valence-electron chi connectivity index (χ3n) is 6.12. The van der Waals surface area contributed by atoms with Crippen LogP contribution in [0.3, 0.4) is 0 Å². The number of hydrogen-bond donors (Lipinski definition) is 0. The number of furan rings is 1. The van der Waals surface area contributed by atoms with Crippen molar-refractivity contribution in [2.75, 3.05) is 39.3 Å². The van der Waals surface area contributed by atoms with Crippen molar-refractivity contribution < 1.29 is 14.0 Å². The molecule has 32 heavy (non-hydrogen) atoms. The van der Waals surface area contributed by atoms with Crippen LogP contribution in [0.5, 0.6) is 0 Å². The Hall–Kier alpha value is -2.60. The second kappa shape index (κ2) is 12.4. The summed E-state index contributed by atoms with van der Waals surface area (Å²) in [5.74, 6) is 1.60. The fourth-order valence-electron chi connectivity index (χ4n) is 4.18. The van der Waals surface area contributed by atoms with Gasteiger partial charge < -0.3 is 19.1 Å². The van der Waals surface area contributed by atoms with E-state index in [1.807, 2.05) is 49.1 Å². The number of carbonyl (C=O) groups excluding carboxylic acids is 2. The lowest BCUT2D eigenvalue weighted by molar-refractivity contribution is -0.141. The first-order valence-corrected chi connectivity index (χ1v) is 11.9. The Balaban J connectivity index is 1.64. The molecule has 1 aliphatic rings. The van der Waals surface area contributed by atoms with E-state index in [0.29, 0.717) is 26.1 Å². The standard InChI is InChI=1S/C26H37N3O3/c1-3-25(30)29(19-18-27-15-8-5-9-16-27)21-26(31)28(20-24-13-12-22(2)32-24)17-14-23-10-6-4-7-11-23/h4,6-7,10-13H,3,5,8-9,14-21H2,1-2H3. The number of hydrogen-bond acceptors (Lipinski definition) is 4. The van der Waals surface area contributed by atoms with Gasteiger partial charge in [-0.1, -0.05) is 43.7 Å². The molecule has 0 radical (unpaired) electrons. The van der Waals surface area contributed by atoms with E-state index in [4.69, 9.17) is 4.42 Å². The van der Waals surface area contributed by atoms with E-state index in [1.165, 1.54) is 24.8 Å². The average Bonchev–Trinajstić information content (AvgIpc) is 3.24. The molecule has 0 saturated carbocycles. The maximum Gasteiger partial charge on any atom is 0.242 e. The van der Waals surface area contributed by atoms with Crippen molar-refractivity contribution in [1.29, 1.82) is 0 Å². The largest absolute Gasteiger partial charge is 0.464 e. The van der Waals surface area contributed by atoms with Gasteiger partial charge in [0.25, 0.3) is 0 Å². The van der Waals surface area contributed by atoms with Crippen molar-refractivity contribution >= 4 is 11.8 Å². The predicted octanol–water partition coefficient (Wildman–Crippen LogP) is 3.88. The van der Waals surface area contributed by atoms with Gasteiger partial charge in [0.15, 0.2) is 0 Å². The number of likely N-dealkylation sites (tertiary alicyclic amines) is 1. The van der Waals surface area contributed by atoms with Gasteiger partial charge in [0, 0.05) is 26.1 Å². The molecule has 2 amide bonds. The smallest absolute Gasteiger partial charge is 0.242 e. The molecule has 1 saturated heterocycles. The number of rotatable bonds is 11. The summed E-state index contributed by atoms with van der Waals surface area (Å²) in [6.07, 6.45) is 4.90. The van der Waals surface area contributed by atoms with Crippen molar-refractivity contribution in [1.82, 2.24) is 14.7 Å². The molecule has 174 valence electrons. The molecule has 0 unspecified atom stereocenters. The third-order valence-corrected chi connectivity index (χ3v) is 6.12. The van der Waals surface area contributed by atoms with E-state index >= 15 is 0 Å². The van der Waals surface area contributed by atoms with Crippen LogP contribution in [0, 0.1) is 6.92 Å². The number of piperidine rings is 1. The molecule has 6 heteroatoms. The second-order valence-electron chi connectivity index (χ2n) is 8.63. The van der Waals surface area contributed by atoms with Crippen molar-refractivity contribution in [3.63, 3.8) is 0 Å². The van der Waals surface area contributed by atoms with Gasteiger partial charge in [0.1, 0.15) is 11.5 Å². The minimum atomic E-state index is -0.0320. The van der Waals surface area contributed by atoms with E-state index in [1.54, 1.807) is 4.90 Å². The molecule has 0 atom stereocenters. The minimum absolute atomic E-state index is 0.0320. The third kappa shape index (κ3) is 7.52. The van der Waals surface area contributed by atoms with Gasteiger partial charge in [-0.3, -0.25) is 9.59 Å². The Morgan fingerprint density at radius 1 is 0.938 bits per heavy atom. The number of aryl methyl sites for hydroxylation is 1. The zero-order valence-electron chi connectivity index (χ0n) is 19.6. The summed E-state index contributed by atoms with van der Waals surface area (Å²) in [6.45, 7) is 8.50. The molecule has 2 heterocycles. The quantitative estimate of drug-likeness (QED) is 0.533. The van der Waals surface area contributed by atoms with E-state index in [9.17, 15) is 9.59 Å². The van der Waals surface area contributed by atoms with Crippen molar-refractivity contribution in [2.24, 2.45) is 0 Å². The Bertz CT molecular complexity index is 843. The fourth-order valence-corrected chi connectivity index (χ4v) is 4.18. The number of benzene rings is 1. The molecule has 1 fully saturated rings. The van der Waals surface area contributed by atoms with Crippen LogP contribution in [-0.2, 0) is 22.6 Å². The lowest BCUT2D eigenvalue weighted by atomic mass is 10.1. The summed E-state index contributed by atoms with van der Waals surface area (Å²) >= 11 is 0. The van der Waals surface area contributed by atoms with Gasteiger partial charge in [-0.2, -0.15) is 0 Å². The molecule has 0 bridgehead atoms. The highest BCUT2D eigenvalue weighted by Gasteiger charge is 2.22. The normalized spacial score (nSPS) is 14.3. The molecule has 6 nitrogen and oxygen atoms in total. The van der Waals surface area contributed by atoms with Crippen molar-refractivity contribution in [3.8, 4) is 0 Å². The Morgan fingerprint density at radius 3 is 2.34 bits per heavy atom. The van der Waals surface area contributed by atoms with Crippen LogP contribution in [0.15, 0.2) is 46.9 Å². The molecule has 1 aliphatic heterocycles. The SMILES string of the molecule is CCC(=O)N(CCN1CCCCC1)CC(=O)N(CCc1ccccc1)Cc1ccc(C)o1. The van der Waals surface area contributed by atoms with Crippen LogP contribution in [-0.4, -0.2) is 65.8 Å². The summed E-state index contributed by atoms with van der Waals surface area (Å²) in [4.78, 5) is 31.9. The molecule has 0 aliphatic carbocycles. The maximum atomic E-state index is 13.3. The van der Waals surface area contributed by atoms with Crippen molar-refractivity contribution in [3.05, 3.63) is 59.5 Å². The molecule has 1 aromatic heterocycles. The summed E-state index contributed by atoms with van der Waals surface area (Å²) in [7, 11) is 0. The van der Waals surface area contributed by atoms with Gasteiger partial charge in [0.2, 0.25) is 11.8 Å². The van der Waals surface area contributed by atoms with E-state index in [2.05, 4.69) is 17.0 Å². The first-order valence-electron chi connectivity index (χ1n) is 11.9. The van der Waals surface area contributed by atoms with Crippen LogP contribution in [0.1, 0.15) is 49.7 Å². The van der Waals surface area contributed by atoms with E-state index in [-0.39, 0.29) is 18.4 Å². The first-order chi connectivity index (χ1) is 15.5. The lowest BCUT2D eigenvalue weighted by Gasteiger charge is -2.31.